The van der Waals surface area contributed by atoms with Crippen LogP contribution in [0.25, 0.3) is 0 Å². The predicted octanol–water partition coefficient (Wildman–Crippen LogP) is 4.09. The monoisotopic (exact) mass is 466 g/mol. The second-order valence-electron chi connectivity index (χ2n) is 6.24. The Kier molecular flexibility index (Phi) is 12.5. The van der Waals surface area contributed by atoms with Crippen molar-refractivity contribution in [2.75, 3.05) is 34.2 Å². The van der Waals surface area contributed by atoms with E-state index < -0.39 is 0 Å². The van der Waals surface area contributed by atoms with Gasteiger partial charge < -0.3 is 15.1 Å². The summed E-state index contributed by atoms with van der Waals surface area (Å²) in [5.74, 6) is 0.928. The minimum Gasteiger partial charge on any atom is -0.356 e. The van der Waals surface area contributed by atoms with Crippen molar-refractivity contribution in [3.05, 3.63) is 34.9 Å². The van der Waals surface area contributed by atoms with Gasteiger partial charge in [0.1, 0.15) is 0 Å². The summed E-state index contributed by atoms with van der Waals surface area (Å²) in [6.07, 6.45) is 2.34. The molecule has 1 aromatic carbocycles. The largest absolute Gasteiger partial charge is 0.356 e. The Hall–Kier alpha value is -0.530. The number of guanidine groups is 1. The second-order valence-corrected chi connectivity index (χ2v) is 6.67. The van der Waals surface area contributed by atoms with E-state index in [0.717, 1.165) is 37.0 Å². The average molecular weight is 467 g/mol. The molecule has 1 rings (SSSR count). The zero-order valence-corrected chi connectivity index (χ0v) is 18.6. The molecule has 6 heteroatoms. The van der Waals surface area contributed by atoms with Crippen LogP contribution < -0.4 is 5.32 Å². The number of nitrogens with one attached hydrogen (secondary N) is 1. The van der Waals surface area contributed by atoms with Crippen molar-refractivity contribution in [3.63, 3.8) is 0 Å². The van der Waals surface area contributed by atoms with Gasteiger partial charge in [-0.25, -0.2) is 0 Å². The van der Waals surface area contributed by atoms with E-state index in [2.05, 4.69) is 48.1 Å². The van der Waals surface area contributed by atoms with E-state index >= 15 is 0 Å². The van der Waals surface area contributed by atoms with Gasteiger partial charge in [0.05, 0.1) is 0 Å². The minimum absolute atomic E-state index is 0. The van der Waals surface area contributed by atoms with Gasteiger partial charge in [-0.3, -0.25) is 4.99 Å². The van der Waals surface area contributed by atoms with Gasteiger partial charge in [-0.1, -0.05) is 23.7 Å². The first kappa shape index (κ1) is 23.5. The van der Waals surface area contributed by atoms with Gasteiger partial charge in [0.2, 0.25) is 0 Å². The van der Waals surface area contributed by atoms with Crippen LogP contribution in [-0.4, -0.2) is 56.0 Å². The van der Waals surface area contributed by atoms with Crippen LogP contribution in [0.3, 0.4) is 0 Å². The first-order chi connectivity index (χ1) is 10.9. The zero-order chi connectivity index (χ0) is 17.2. The highest BCUT2D eigenvalue weighted by atomic mass is 127. The molecule has 4 nitrogen and oxygen atoms in total. The van der Waals surface area contributed by atoms with E-state index in [0.29, 0.717) is 6.04 Å². The van der Waals surface area contributed by atoms with Crippen molar-refractivity contribution in [2.45, 2.75) is 39.3 Å². The summed E-state index contributed by atoms with van der Waals surface area (Å²) in [6.45, 7) is 7.35. The topological polar surface area (TPSA) is 30.9 Å². The van der Waals surface area contributed by atoms with Gasteiger partial charge in [-0.15, -0.1) is 24.0 Å². The molecule has 0 aromatic heterocycles. The van der Waals surface area contributed by atoms with Crippen molar-refractivity contribution in [1.82, 2.24) is 15.1 Å². The Morgan fingerprint density at radius 3 is 2.33 bits per heavy atom. The number of benzene rings is 1. The second kappa shape index (κ2) is 12.8. The van der Waals surface area contributed by atoms with Crippen molar-refractivity contribution in [2.24, 2.45) is 4.99 Å². The normalized spacial score (nSPS) is 11.6. The lowest BCUT2D eigenvalue weighted by atomic mass is 10.2. The maximum Gasteiger partial charge on any atom is 0.193 e. The maximum atomic E-state index is 5.92. The Morgan fingerprint density at radius 2 is 1.79 bits per heavy atom. The van der Waals surface area contributed by atoms with Gasteiger partial charge in [0, 0.05) is 38.2 Å². The lowest BCUT2D eigenvalue weighted by molar-refractivity contribution is 0.268. The molecule has 1 aromatic rings. The Morgan fingerprint density at radius 1 is 1.17 bits per heavy atom. The number of halogens is 2. The summed E-state index contributed by atoms with van der Waals surface area (Å²) < 4.78 is 0. The Balaban J connectivity index is 0.00000529. The van der Waals surface area contributed by atoms with Crippen molar-refractivity contribution >= 4 is 41.5 Å². The predicted molar refractivity (Wildman–Crippen MR) is 117 cm³/mol. The first-order valence-corrected chi connectivity index (χ1v) is 8.68. The van der Waals surface area contributed by atoms with Crippen LogP contribution in [0.4, 0.5) is 0 Å². The molecule has 0 bridgehead atoms. The van der Waals surface area contributed by atoms with E-state index in [9.17, 15) is 0 Å². The molecule has 0 saturated carbocycles. The smallest absolute Gasteiger partial charge is 0.193 e. The van der Waals surface area contributed by atoms with Crippen LogP contribution in [0.15, 0.2) is 29.3 Å². The van der Waals surface area contributed by atoms with Crippen LogP contribution in [0.1, 0.15) is 32.3 Å². The molecule has 0 atom stereocenters. The molecule has 0 heterocycles. The third-order valence-electron chi connectivity index (χ3n) is 4.01. The molecule has 0 aliphatic rings. The number of nitrogens with zero attached hydrogens (tertiary/aromatic N) is 3. The average Bonchev–Trinajstić information content (AvgIpc) is 2.52. The SMILES string of the molecule is CN=C(NCCCCN(C)C(C)C)N(C)Cc1ccc(Cl)cc1.I. The minimum atomic E-state index is 0. The molecular weight excluding hydrogens is 435 g/mol. The quantitative estimate of drug-likeness (QED) is 0.271. The molecule has 0 aliphatic heterocycles. The highest BCUT2D eigenvalue weighted by Gasteiger charge is 2.07. The fraction of sp³-hybridized carbons (Fsp3) is 0.611. The third kappa shape index (κ3) is 9.08. The van der Waals surface area contributed by atoms with Crippen LogP contribution in [0, 0.1) is 0 Å². The fourth-order valence-corrected chi connectivity index (χ4v) is 2.39. The van der Waals surface area contributed by atoms with Gasteiger partial charge in [-0.05, 0) is 58.0 Å². The lowest BCUT2D eigenvalue weighted by Gasteiger charge is -2.23. The first-order valence-electron chi connectivity index (χ1n) is 8.30. The molecule has 0 fully saturated rings. The van der Waals surface area contributed by atoms with Crippen LogP contribution in [-0.2, 0) is 6.54 Å². The number of hydrogen-bond acceptors (Lipinski definition) is 2. The summed E-state index contributed by atoms with van der Waals surface area (Å²) in [7, 11) is 6.06. The summed E-state index contributed by atoms with van der Waals surface area (Å²) in [6, 6.07) is 8.56. The standard InChI is InChI=1S/C18H31ClN4.HI/c1-15(2)22(4)13-7-6-12-21-18(20-3)23(5)14-16-8-10-17(19)11-9-16;/h8-11,15H,6-7,12-14H2,1-5H3,(H,20,21);1H. The van der Waals surface area contributed by atoms with Gasteiger partial charge in [-0.2, -0.15) is 0 Å². The number of aliphatic imine (C=N–C) groups is 1. The van der Waals surface area contributed by atoms with E-state index in [1.165, 1.54) is 12.0 Å². The lowest BCUT2D eigenvalue weighted by Crippen LogP contribution is -2.39. The van der Waals surface area contributed by atoms with Crippen LogP contribution in [0.2, 0.25) is 5.02 Å². The molecule has 0 radical (unpaired) electrons. The van der Waals surface area contributed by atoms with E-state index in [-0.39, 0.29) is 24.0 Å². The Labute approximate surface area is 169 Å². The van der Waals surface area contributed by atoms with Gasteiger partial charge in [0.15, 0.2) is 5.96 Å². The van der Waals surface area contributed by atoms with Gasteiger partial charge >= 0.3 is 0 Å². The van der Waals surface area contributed by atoms with E-state index in [1.807, 2.05) is 31.3 Å². The van der Waals surface area contributed by atoms with E-state index in [4.69, 9.17) is 11.6 Å². The van der Waals surface area contributed by atoms with Crippen LogP contribution >= 0.6 is 35.6 Å². The molecule has 24 heavy (non-hydrogen) atoms. The summed E-state index contributed by atoms with van der Waals surface area (Å²) in [5, 5.41) is 4.20. The zero-order valence-electron chi connectivity index (χ0n) is 15.6. The molecular formula is C18H32ClIN4. The molecule has 0 aliphatic carbocycles. The van der Waals surface area contributed by atoms with Crippen molar-refractivity contribution in [1.29, 1.82) is 0 Å². The Bertz CT molecular complexity index is 476. The molecule has 0 saturated heterocycles. The maximum absolute atomic E-state index is 5.92. The van der Waals surface area contributed by atoms with Crippen LogP contribution in [0.5, 0.6) is 0 Å². The summed E-state index contributed by atoms with van der Waals surface area (Å²) in [5.41, 5.74) is 1.22. The highest BCUT2D eigenvalue weighted by molar-refractivity contribution is 14.0. The highest BCUT2D eigenvalue weighted by Crippen LogP contribution is 2.11. The molecule has 138 valence electrons. The molecule has 0 unspecified atom stereocenters. The number of rotatable bonds is 8. The third-order valence-corrected chi connectivity index (χ3v) is 4.26. The number of unbranched alkanes of at least 4 members (excludes halogenated alkanes) is 1. The summed E-state index contributed by atoms with van der Waals surface area (Å²) in [4.78, 5) is 8.86. The van der Waals surface area contributed by atoms with Gasteiger partial charge in [0.25, 0.3) is 0 Å². The van der Waals surface area contributed by atoms with Crippen molar-refractivity contribution < 1.29 is 0 Å². The number of hydrogen-bond donors (Lipinski definition) is 1. The fourth-order valence-electron chi connectivity index (χ4n) is 2.27. The molecule has 0 spiro atoms. The van der Waals surface area contributed by atoms with Crippen molar-refractivity contribution in [3.8, 4) is 0 Å². The molecule has 0 amide bonds. The van der Waals surface area contributed by atoms with E-state index in [1.54, 1.807) is 0 Å². The molecule has 1 N–H and O–H groups in total. The summed E-state index contributed by atoms with van der Waals surface area (Å²) >= 11 is 5.92.